The number of pyridine rings is 1. The summed E-state index contributed by atoms with van der Waals surface area (Å²) in [7, 11) is 2.01. The van der Waals surface area contributed by atoms with E-state index in [0.29, 0.717) is 6.04 Å². The molecule has 2 rings (SSSR count). The van der Waals surface area contributed by atoms with Crippen LogP contribution in [0, 0.1) is 20.8 Å². The molecule has 0 aliphatic rings. The van der Waals surface area contributed by atoms with Crippen LogP contribution in [0.1, 0.15) is 33.9 Å². The maximum absolute atomic E-state index is 4.29. The molecular weight excluding hydrogens is 232 g/mol. The highest BCUT2D eigenvalue weighted by Gasteiger charge is 2.11. The molecule has 0 radical (unpaired) electrons. The highest BCUT2D eigenvalue weighted by molar-refractivity contribution is 5.31. The Morgan fingerprint density at radius 1 is 0.947 bits per heavy atom. The van der Waals surface area contributed by atoms with Crippen LogP contribution in [0.15, 0.2) is 36.7 Å². The molecule has 0 bridgehead atoms. The monoisotopic (exact) mass is 254 g/mol. The van der Waals surface area contributed by atoms with Gasteiger partial charge in [-0.1, -0.05) is 35.4 Å². The summed E-state index contributed by atoms with van der Waals surface area (Å²) in [6, 6.07) is 9.26. The Labute approximate surface area is 115 Å². The second-order valence-corrected chi connectivity index (χ2v) is 5.34. The van der Waals surface area contributed by atoms with Gasteiger partial charge in [-0.15, -0.1) is 0 Å². The molecule has 0 aliphatic heterocycles. The van der Waals surface area contributed by atoms with Crippen molar-refractivity contribution in [3.05, 3.63) is 64.5 Å². The van der Waals surface area contributed by atoms with Gasteiger partial charge in [-0.25, -0.2) is 0 Å². The first-order valence-corrected chi connectivity index (χ1v) is 6.74. The minimum absolute atomic E-state index is 0.314. The Morgan fingerprint density at radius 3 is 2.21 bits per heavy atom. The zero-order chi connectivity index (χ0) is 13.8. The van der Waals surface area contributed by atoms with Gasteiger partial charge in [-0.05, 0) is 50.9 Å². The van der Waals surface area contributed by atoms with Crippen molar-refractivity contribution in [3.63, 3.8) is 0 Å². The second-order valence-electron chi connectivity index (χ2n) is 5.34. The van der Waals surface area contributed by atoms with E-state index >= 15 is 0 Å². The molecule has 1 heterocycles. The Morgan fingerprint density at radius 2 is 1.63 bits per heavy atom. The van der Waals surface area contributed by atoms with Gasteiger partial charge in [0.1, 0.15) is 0 Å². The van der Waals surface area contributed by atoms with Crippen molar-refractivity contribution >= 4 is 0 Å². The normalized spacial score (nSPS) is 12.4. The lowest BCUT2D eigenvalue weighted by Crippen LogP contribution is -2.19. The van der Waals surface area contributed by atoms with Crippen LogP contribution in [0.3, 0.4) is 0 Å². The topological polar surface area (TPSA) is 24.9 Å². The lowest BCUT2D eigenvalue weighted by molar-refractivity contribution is 0.589. The lowest BCUT2D eigenvalue weighted by atomic mass is 9.97. The Balaban J connectivity index is 2.23. The number of nitrogens with zero attached hydrogens (tertiary/aromatic N) is 1. The van der Waals surface area contributed by atoms with E-state index in [1.54, 1.807) is 0 Å². The van der Waals surface area contributed by atoms with Crippen molar-refractivity contribution in [2.45, 2.75) is 33.2 Å². The number of nitrogens with one attached hydrogen (secondary N) is 1. The van der Waals surface area contributed by atoms with Crippen molar-refractivity contribution in [1.29, 1.82) is 0 Å². The summed E-state index contributed by atoms with van der Waals surface area (Å²) in [4.78, 5) is 4.29. The van der Waals surface area contributed by atoms with Gasteiger partial charge in [0.2, 0.25) is 0 Å². The summed E-state index contributed by atoms with van der Waals surface area (Å²) in [6.07, 6.45) is 4.84. The molecule has 2 nitrogen and oxygen atoms in total. The van der Waals surface area contributed by atoms with Crippen LogP contribution < -0.4 is 5.32 Å². The number of hydrogen-bond acceptors (Lipinski definition) is 2. The van der Waals surface area contributed by atoms with Crippen molar-refractivity contribution < 1.29 is 0 Å². The van der Waals surface area contributed by atoms with Crippen molar-refractivity contribution in [1.82, 2.24) is 10.3 Å². The van der Waals surface area contributed by atoms with Crippen LogP contribution in [0.5, 0.6) is 0 Å². The van der Waals surface area contributed by atoms with E-state index in [9.17, 15) is 0 Å². The third-order valence-corrected chi connectivity index (χ3v) is 3.37. The third kappa shape index (κ3) is 3.65. The molecule has 1 atom stereocenters. The Bertz CT molecular complexity index is 541. The molecule has 1 unspecified atom stereocenters. The van der Waals surface area contributed by atoms with E-state index in [4.69, 9.17) is 0 Å². The maximum Gasteiger partial charge on any atom is 0.0373 e. The van der Waals surface area contributed by atoms with Crippen LogP contribution in [-0.4, -0.2) is 12.0 Å². The van der Waals surface area contributed by atoms with Crippen LogP contribution in [0.25, 0.3) is 0 Å². The first-order valence-electron chi connectivity index (χ1n) is 6.74. The van der Waals surface area contributed by atoms with Crippen LogP contribution in [-0.2, 0) is 6.42 Å². The first kappa shape index (κ1) is 13.8. The number of aryl methyl sites for hydroxylation is 3. The highest BCUT2D eigenvalue weighted by atomic mass is 14.9. The van der Waals surface area contributed by atoms with E-state index in [0.717, 1.165) is 6.42 Å². The molecule has 19 heavy (non-hydrogen) atoms. The van der Waals surface area contributed by atoms with E-state index in [1.165, 1.54) is 27.8 Å². The minimum Gasteiger partial charge on any atom is -0.313 e. The molecule has 0 saturated carbocycles. The number of rotatable bonds is 4. The third-order valence-electron chi connectivity index (χ3n) is 3.37. The van der Waals surface area contributed by atoms with Crippen LogP contribution in [0.4, 0.5) is 0 Å². The van der Waals surface area contributed by atoms with E-state index in [2.05, 4.69) is 55.3 Å². The average molecular weight is 254 g/mol. The van der Waals surface area contributed by atoms with Gasteiger partial charge >= 0.3 is 0 Å². The number of benzene rings is 1. The fourth-order valence-corrected chi connectivity index (χ4v) is 2.58. The molecule has 2 heteroatoms. The molecule has 0 aliphatic carbocycles. The molecule has 0 fully saturated rings. The summed E-state index contributed by atoms with van der Waals surface area (Å²) in [5, 5.41) is 3.39. The van der Waals surface area contributed by atoms with Crippen molar-refractivity contribution in [3.8, 4) is 0 Å². The summed E-state index contributed by atoms with van der Waals surface area (Å²) in [6.45, 7) is 6.39. The van der Waals surface area contributed by atoms with E-state index < -0.39 is 0 Å². The molecular formula is C17H22N2. The highest BCUT2D eigenvalue weighted by Crippen LogP contribution is 2.20. The zero-order valence-electron chi connectivity index (χ0n) is 12.2. The zero-order valence-corrected chi connectivity index (χ0v) is 12.2. The van der Waals surface area contributed by atoms with E-state index in [-0.39, 0.29) is 0 Å². The predicted octanol–water partition coefficient (Wildman–Crippen LogP) is 3.51. The van der Waals surface area contributed by atoms with Crippen molar-refractivity contribution in [2.75, 3.05) is 7.05 Å². The van der Waals surface area contributed by atoms with Gasteiger partial charge in [-0.3, -0.25) is 4.98 Å². The fraction of sp³-hybridized carbons (Fsp3) is 0.353. The smallest absolute Gasteiger partial charge is 0.0373 e. The van der Waals surface area contributed by atoms with Gasteiger partial charge in [-0.2, -0.15) is 0 Å². The standard InChI is InChI=1S/C17H22N2/c1-12-5-13(2)7-15(6-12)9-17(18-4)16-8-14(3)10-19-11-16/h5-8,10-11,17-18H,9H2,1-4H3. The molecule has 1 aromatic heterocycles. The van der Waals surface area contributed by atoms with Gasteiger partial charge < -0.3 is 5.32 Å². The largest absolute Gasteiger partial charge is 0.313 e. The lowest BCUT2D eigenvalue weighted by Gasteiger charge is -2.17. The molecule has 2 aromatic rings. The number of aromatic nitrogens is 1. The Hall–Kier alpha value is -1.67. The van der Waals surface area contributed by atoms with Crippen LogP contribution >= 0.6 is 0 Å². The minimum atomic E-state index is 0.314. The molecule has 0 spiro atoms. The molecule has 0 saturated heterocycles. The summed E-state index contributed by atoms with van der Waals surface area (Å²) in [5.74, 6) is 0. The Kier molecular flexibility index (Phi) is 4.33. The molecule has 100 valence electrons. The second kappa shape index (κ2) is 5.98. The molecule has 1 aromatic carbocycles. The summed E-state index contributed by atoms with van der Waals surface area (Å²) >= 11 is 0. The number of likely N-dealkylation sites (N-methyl/N-ethyl adjacent to an activating group) is 1. The SMILES string of the molecule is CNC(Cc1cc(C)cc(C)c1)c1cncc(C)c1. The molecule has 1 N–H and O–H groups in total. The summed E-state index contributed by atoms with van der Waals surface area (Å²) < 4.78 is 0. The predicted molar refractivity (Wildman–Crippen MR) is 80.4 cm³/mol. The maximum atomic E-state index is 4.29. The fourth-order valence-electron chi connectivity index (χ4n) is 2.58. The van der Waals surface area contributed by atoms with Gasteiger partial charge in [0.15, 0.2) is 0 Å². The summed E-state index contributed by atoms with van der Waals surface area (Å²) in [5.41, 5.74) is 6.48. The molecule has 0 amide bonds. The van der Waals surface area contributed by atoms with Crippen LogP contribution in [0.2, 0.25) is 0 Å². The van der Waals surface area contributed by atoms with Gasteiger partial charge in [0.25, 0.3) is 0 Å². The first-order chi connectivity index (χ1) is 9.08. The van der Waals surface area contributed by atoms with Crippen molar-refractivity contribution in [2.24, 2.45) is 0 Å². The van der Waals surface area contributed by atoms with Gasteiger partial charge in [0, 0.05) is 18.4 Å². The average Bonchev–Trinajstić information content (AvgIpc) is 2.34. The number of hydrogen-bond donors (Lipinski definition) is 1. The quantitative estimate of drug-likeness (QED) is 0.903. The van der Waals surface area contributed by atoms with Gasteiger partial charge in [0.05, 0.1) is 0 Å². The van der Waals surface area contributed by atoms with E-state index in [1.807, 2.05) is 19.4 Å².